The van der Waals surface area contributed by atoms with Crippen molar-refractivity contribution in [2.45, 2.75) is 21.6 Å². The molecule has 0 atom stereocenters. The van der Waals surface area contributed by atoms with Crippen molar-refractivity contribution < 1.29 is 18.3 Å². The lowest BCUT2D eigenvalue weighted by atomic mass is 10.2. The van der Waals surface area contributed by atoms with Crippen LogP contribution in [-0.2, 0) is 11.4 Å². The molecule has 1 aliphatic heterocycles. The van der Waals surface area contributed by atoms with Gasteiger partial charge in [0.05, 0.1) is 17.1 Å². The summed E-state index contributed by atoms with van der Waals surface area (Å²) >= 11 is 8.96. The molecule has 6 nitrogen and oxygen atoms in total. The van der Waals surface area contributed by atoms with Crippen molar-refractivity contribution in [1.82, 2.24) is 10.2 Å². The zero-order chi connectivity index (χ0) is 22.8. The number of ether oxygens (including phenoxy) is 1. The highest BCUT2D eigenvalue weighted by Gasteiger charge is 2.28. The standard InChI is InChI=1S/C23H15ClFN3O3S2/c24-14-5-10-20-18(11-14)28(17-3-1-2-4-19(17)33-20)22(29)13-32-23-27-26-21(31-23)12-30-16-8-6-15(25)7-9-16/h1-11H,12-13H2. The molecule has 0 radical (unpaired) electrons. The lowest BCUT2D eigenvalue weighted by Crippen LogP contribution is -2.30. The maximum absolute atomic E-state index is 13.3. The third-order valence-corrected chi connectivity index (χ3v) is 6.85. The topological polar surface area (TPSA) is 68.5 Å². The summed E-state index contributed by atoms with van der Waals surface area (Å²) in [6.45, 7) is 0.0374. The van der Waals surface area contributed by atoms with Gasteiger partial charge in [0.15, 0.2) is 6.61 Å². The predicted octanol–water partition coefficient (Wildman–Crippen LogP) is 6.36. The number of thioether (sulfide) groups is 1. The van der Waals surface area contributed by atoms with Gasteiger partial charge < -0.3 is 9.15 Å². The van der Waals surface area contributed by atoms with Crippen molar-refractivity contribution in [2.75, 3.05) is 10.7 Å². The summed E-state index contributed by atoms with van der Waals surface area (Å²) in [5.74, 6) is 0.344. The molecule has 3 aromatic carbocycles. The first-order valence-electron chi connectivity index (χ1n) is 9.80. The maximum Gasteiger partial charge on any atom is 0.277 e. The lowest BCUT2D eigenvalue weighted by Gasteiger charge is -2.31. The van der Waals surface area contributed by atoms with E-state index >= 15 is 0 Å². The Morgan fingerprint density at radius 3 is 2.70 bits per heavy atom. The van der Waals surface area contributed by atoms with E-state index in [0.29, 0.717) is 10.8 Å². The average Bonchev–Trinajstić information content (AvgIpc) is 3.28. The van der Waals surface area contributed by atoms with Gasteiger partial charge in [0, 0.05) is 14.8 Å². The van der Waals surface area contributed by atoms with E-state index in [4.69, 9.17) is 20.8 Å². The van der Waals surface area contributed by atoms with Crippen LogP contribution < -0.4 is 9.64 Å². The van der Waals surface area contributed by atoms with Gasteiger partial charge in [0.2, 0.25) is 5.91 Å². The Bertz CT molecular complexity index is 1320. The second-order valence-electron chi connectivity index (χ2n) is 6.90. The third kappa shape index (κ3) is 4.85. The molecule has 1 aliphatic rings. The van der Waals surface area contributed by atoms with Crippen LogP contribution >= 0.6 is 35.1 Å². The highest BCUT2D eigenvalue weighted by atomic mass is 35.5. The molecule has 0 unspecified atom stereocenters. The van der Waals surface area contributed by atoms with Crippen molar-refractivity contribution in [1.29, 1.82) is 0 Å². The van der Waals surface area contributed by atoms with Crippen LogP contribution in [-0.4, -0.2) is 21.9 Å². The van der Waals surface area contributed by atoms with Crippen LogP contribution in [0.1, 0.15) is 5.89 Å². The Labute approximate surface area is 202 Å². The molecule has 33 heavy (non-hydrogen) atoms. The number of nitrogens with zero attached hydrogens (tertiary/aromatic N) is 3. The molecule has 0 bridgehead atoms. The molecule has 1 aromatic heterocycles. The summed E-state index contributed by atoms with van der Waals surface area (Å²) in [7, 11) is 0. The second kappa shape index (κ2) is 9.46. The van der Waals surface area contributed by atoms with Gasteiger partial charge in [-0.15, -0.1) is 10.2 Å². The molecule has 0 N–H and O–H groups in total. The first kappa shape index (κ1) is 21.8. The molecule has 0 fully saturated rings. The molecule has 5 rings (SSSR count). The number of benzene rings is 3. The molecule has 10 heteroatoms. The lowest BCUT2D eigenvalue weighted by molar-refractivity contribution is -0.115. The van der Waals surface area contributed by atoms with Crippen LogP contribution in [0.5, 0.6) is 5.75 Å². The van der Waals surface area contributed by atoms with Crippen LogP contribution in [0.25, 0.3) is 0 Å². The molecule has 166 valence electrons. The molecule has 0 spiro atoms. The molecule has 4 aromatic rings. The summed E-state index contributed by atoms with van der Waals surface area (Å²) in [5.41, 5.74) is 1.55. The van der Waals surface area contributed by atoms with E-state index in [1.54, 1.807) is 22.7 Å². The molecule has 0 saturated heterocycles. The highest BCUT2D eigenvalue weighted by molar-refractivity contribution is 8.00. The minimum atomic E-state index is -0.344. The van der Waals surface area contributed by atoms with Gasteiger partial charge >= 0.3 is 0 Å². The number of carbonyl (C=O) groups excluding carboxylic acids is 1. The Morgan fingerprint density at radius 2 is 1.85 bits per heavy atom. The maximum atomic E-state index is 13.3. The number of rotatable bonds is 6. The van der Waals surface area contributed by atoms with Crippen LogP contribution in [0, 0.1) is 5.82 Å². The summed E-state index contributed by atoms with van der Waals surface area (Å²) in [6, 6.07) is 18.9. The number of halogens is 2. The first-order valence-corrected chi connectivity index (χ1v) is 12.0. The quantitative estimate of drug-likeness (QED) is 0.286. The minimum Gasteiger partial charge on any atom is -0.484 e. The Hall–Kier alpha value is -3.01. The SMILES string of the molecule is O=C(CSc1nnc(COc2ccc(F)cc2)o1)N1c2ccccc2Sc2ccc(Cl)cc21. The van der Waals surface area contributed by atoms with Gasteiger partial charge in [-0.1, -0.05) is 47.3 Å². The number of hydrogen-bond donors (Lipinski definition) is 0. The zero-order valence-corrected chi connectivity index (χ0v) is 19.3. The van der Waals surface area contributed by atoms with Crippen molar-refractivity contribution in [2.24, 2.45) is 0 Å². The number of fused-ring (bicyclic) bond motifs is 2. The molecule has 0 saturated carbocycles. The number of aromatic nitrogens is 2. The van der Waals surface area contributed by atoms with E-state index in [-0.39, 0.29) is 35.2 Å². The summed E-state index contributed by atoms with van der Waals surface area (Å²) in [5, 5.41) is 8.73. The van der Waals surface area contributed by atoms with Gasteiger partial charge in [0.25, 0.3) is 11.1 Å². The number of anilines is 2. The van der Waals surface area contributed by atoms with E-state index in [0.717, 1.165) is 32.9 Å². The average molecular weight is 500 g/mol. The number of hydrogen-bond acceptors (Lipinski definition) is 7. The van der Waals surface area contributed by atoms with Crippen molar-refractivity contribution in [3.8, 4) is 5.75 Å². The number of amides is 1. The van der Waals surface area contributed by atoms with Gasteiger partial charge in [-0.25, -0.2) is 4.39 Å². The summed E-state index contributed by atoms with van der Waals surface area (Å²) in [4.78, 5) is 16.9. The number of carbonyl (C=O) groups is 1. The van der Waals surface area contributed by atoms with Gasteiger partial charge in [-0.3, -0.25) is 9.69 Å². The van der Waals surface area contributed by atoms with Crippen LogP contribution in [0.15, 0.2) is 86.2 Å². The van der Waals surface area contributed by atoms with Gasteiger partial charge in [0.1, 0.15) is 11.6 Å². The molecule has 1 amide bonds. The fourth-order valence-corrected chi connectivity index (χ4v) is 5.05. The van der Waals surface area contributed by atoms with E-state index in [1.165, 1.54) is 24.3 Å². The van der Waals surface area contributed by atoms with Gasteiger partial charge in [-0.05, 0) is 54.6 Å². The summed E-state index contributed by atoms with van der Waals surface area (Å²) in [6.07, 6.45) is 0. The van der Waals surface area contributed by atoms with E-state index in [9.17, 15) is 9.18 Å². The van der Waals surface area contributed by atoms with Crippen molar-refractivity contribution in [3.63, 3.8) is 0 Å². The Morgan fingerprint density at radius 1 is 1.06 bits per heavy atom. The monoisotopic (exact) mass is 499 g/mol. The Balaban J connectivity index is 1.27. The largest absolute Gasteiger partial charge is 0.484 e. The van der Waals surface area contributed by atoms with Crippen LogP contribution in [0.3, 0.4) is 0 Å². The fraction of sp³-hybridized carbons (Fsp3) is 0.0870. The molecule has 2 heterocycles. The normalized spacial score (nSPS) is 12.2. The first-order chi connectivity index (χ1) is 16.1. The van der Waals surface area contributed by atoms with E-state index in [2.05, 4.69) is 10.2 Å². The smallest absolute Gasteiger partial charge is 0.277 e. The number of para-hydroxylation sites is 1. The van der Waals surface area contributed by atoms with Gasteiger partial charge in [-0.2, -0.15) is 0 Å². The zero-order valence-electron chi connectivity index (χ0n) is 16.9. The predicted molar refractivity (Wildman–Crippen MR) is 125 cm³/mol. The Kier molecular flexibility index (Phi) is 6.26. The van der Waals surface area contributed by atoms with E-state index < -0.39 is 0 Å². The minimum absolute atomic E-state index is 0.0374. The van der Waals surface area contributed by atoms with Crippen molar-refractivity contribution in [3.05, 3.63) is 83.5 Å². The fourth-order valence-electron chi connectivity index (χ4n) is 3.22. The van der Waals surface area contributed by atoms with E-state index in [1.807, 2.05) is 36.4 Å². The molecule has 0 aliphatic carbocycles. The van der Waals surface area contributed by atoms with Crippen LogP contribution in [0.4, 0.5) is 15.8 Å². The van der Waals surface area contributed by atoms with Crippen LogP contribution in [0.2, 0.25) is 5.02 Å². The van der Waals surface area contributed by atoms with Crippen molar-refractivity contribution >= 4 is 52.4 Å². The molecular weight excluding hydrogens is 485 g/mol. The summed E-state index contributed by atoms with van der Waals surface area (Å²) < 4.78 is 24.1. The molecular formula is C23H15ClFN3O3S2. The third-order valence-electron chi connectivity index (χ3n) is 4.68. The second-order valence-corrected chi connectivity index (χ2v) is 9.35. The highest BCUT2D eigenvalue weighted by Crippen LogP contribution is 2.49.